The summed E-state index contributed by atoms with van der Waals surface area (Å²) in [4.78, 5) is 20.0. The van der Waals surface area contributed by atoms with Crippen molar-refractivity contribution in [3.63, 3.8) is 0 Å². The molecule has 0 saturated carbocycles. The van der Waals surface area contributed by atoms with Crippen molar-refractivity contribution >= 4 is 5.91 Å². The molecule has 0 aliphatic rings. The number of hydrogen-bond acceptors (Lipinski definition) is 7. The van der Waals surface area contributed by atoms with Gasteiger partial charge in [-0.2, -0.15) is 4.98 Å². The van der Waals surface area contributed by atoms with E-state index in [4.69, 9.17) is 14.0 Å². The standard InChI is InChI=1S/C16H17N5O4/c1-23-12-4-3-11(7-13(12)24-2)16-19-15(25-20-16)8-18-14(22)9-21-6-5-17-10-21/h3-7,10H,8-9H2,1-2H3,(H,18,22). The summed E-state index contributed by atoms with van der Waals surface area (Å²) in [6.45, 7) is 0.324. The SMILES string of the molecule is COc1ccc(-c2noc(CNC(=O)Cn3ccnc3)n2)cc1OC. The highest BCUT2D eigenvalue weighted by Crippen LogP contribution is 2.31. The van der Waals surface area contributed by atoms with Gasteiger partial charge in [0.2, 0.25) is 17.6 Å². The number of aromatic nitrogens is 4. The molecule has 0 saturated heterocycles. The van der Waals surface area contributed by atoms with Crippen molar-refractivity contribution in [1.82, 2.24) is 25.0 Å². The van der Waals surface area contributed by atoms with Gasteiger partial charge in [-0.05, 0) is 18.2 Å². The number of amides is 1. The number of methoxy groups -OCH3 is 2. The fraction of sp³-hybridized carbons (Fsp3) is 0.250. The van der Waals surface area contributed by atoms with Crippen molar-refractivity contribution in [2.24, 2.45) is 0 Å². The lowest BCUT2D eigenvalue weighted by molar-refractivity contribution is -0.121. The molecule has 0 aliphatic carbocycles. The van der Waals surface area contributed by atoms with Crippen LogP contribution in [0.1, 0.15) is 5.89 Å². The summed E-state index contributed by atoms with van der Waals surface area (Å²) in [5, 5.41) is 6.64. The lowest BCUT2D eigenvalue weighted by atomic mass is 10.2. The van der Waals surface area contributed by atoms with Crippen LogP contribution in [-0.4, -0.2) is 39.8 Å². The Morgan fingerprint density at radius 1 is 1.28 bits per heavy atom. The summed E-state index contributed by atoms with van der Waals surface area (Å²) in [5.74, 6) is 1.72. The van der Waals surface area contributed by atoms with E-state index in [0.717, 1.165) is 5.56 Å². The van der Waals surface area contributed by atoms with Crippen molar-refractivity contribution in [3.8, 4) is 22.9 Å². The second-order valence-corrected chi connectivity index (χ2v) is 5.09. The van der Waals surface area contributed by atoms with E-state index in [9.17, 15) is 4.79 Å². The highest BCUT2D eigenvalue weighted by atomic mass is 16.5. The molecule has 2 heterocycles. The Hall–Kier alpha value is -3.36. The van der Waals surface area contributed by atoms with Gasteiger partial charge in [0.05, 0.1) is 27.1 Å². The first-order valence-corrected chi connectivity index (χ1v) is 7.47. The van der Waals surface area contributed by atoms with E-state index in [0.29, 0.717) is 23.2 Å². The third-order valence-electron chi connectivity index (χ3n) is 3.43. The molecule has 0 radical (unpaired) electrons. The fourth-order valence-electron chi connectivity index (χ4n) is 2.20. The number of carbonyl (C=O) groups is 1. The zero-order chi connectivity index (χ0) is 17.6. The predicted molar refractivity (Wildman–Crippen MR) is 86.9 cm³/mol. The maximum atomic E-state index is 11.8. The van der Waals surface area contributed by atoms with Gasteiger partial charge in [-0.1, -0.05) is 5.16 Å². The molecule has 1 N–H and O–H groups in total. The number of imidazole rings is 1. The fourth-order valence-corrected chi connectivity index (χ4v) is 2.20. The zero-order valence-corrected chi connectivity index (χ0v) is 13.8. The van der Waals surface area contributed by atoms with Crippen LogP contribution in [-0.2, 0) is 17.9 Å². The smallest absolute Gasteiger partial charge is 0.246 e. The Labute approximate surface area is 143 Å². The molecule has 3 rings (SSSR count). The van der Waals surface area contributed by atoms with Crippen LogP contribution in [0, 0.1) is 0 Å². The summed E-state index contributed by atoms with van der Waals surface area (Å²) in [7, 11) is 3.12. The zero-order valence-electron chi connectivity index (χ0n) is 13.8. The van der Waals surface area contributed by atoms with Crippen molar-refractivity contribution < 1.29 is 18.8 Å². The summed E-state index contributed by atoms with van der Waals surface area (Å²) in [5.41, 5.74) is 0.720. The van der Waals surface area contributed by atoms with Gasteiger partial charge in [-0.3, -0.25) is 4.79 Å². The average Bonchev–Trinajstić information content (AvgIpc) is 3.31. The lowest BCUT2D eigenvalue weighted by Crippen LogP contribution is -2.26. The molecule has 130 valence electrons. The van der Waals surface area contributed by atoms with Gasteiger partial charge in [0.15, 0.2) is 11.5 Å². The van der Waals surface area contributed by atoms with Crippen LogP contribution in [0.4, 0.5) is 0 Å². The summed E-state index contributed by atoms with van der Waals surface area (Å²) >= 11 is 0. The van der Waals surface area contributed by atoms with E-state index in [1.165, 1.54) is 0 Å². The molecule has 3 aromatic rings. The number of nitrogens with one attached hydrogen (secondary N) is 1. The van der Waals surface area contributed by atoms with Crippen LogP contribution >= 0.6 is 0 Å². The first-order chi connectivity index (χ1) is 12.2. The largest absolute Gasteiger partial charge is 0.493 e. The van der Waals surface area contributed by atoms with Crippen LogP contribution in [0.15, 0.2) is 41.4 Å². The Morgan fingerprint density at radius 3 is 2.84 bits per heavy atom. The summed E-state index contributed by atoms with van der Waals surface area (Å²) < 4.78 is 17.3. The minimum Gasteiger partial charge on any atom is -0.493 e. The molecule has 0 aliphatic heterocycles. The maximum absolute atomic E-state index is 11.8. The molecule has 1 amide bonds. The van der Waals surface area contributed by atoms with Crippen LogP contribution in [0.5, 0.6) is 11.5 Å². The van der Waals surface area contributed by atoms with E-state index in [1.54, 1.807) is 55.7 Å². The van der Waals surface area contributed by atoms with E-state index < -0.39 is 0 Å². The third-order valence-corrected chi connectivity index (χ3v) is 3.43. The van der Waals surface area contributed by atoms with Crippen LogP contribution < -0.4 is 14.8 Å². The molecule has 0 unspecified atom stereocenters. The number of carbonyl (C=O) groups excluding carboxylic acids is 1. The summed E-state index contributed by atoms with van der Waals surface area (Å²) in [6, 6.07) is 5.32. The lowest BCUT2D eigenvalue weighted by Gasteiger charge is -2.07. The van der Waals surface area contributed by atoms with Crippen LogP contribution in [0.2, 0.25) is 0 Å². The first-order valence-electron chi connectivity index (χ1n) is 7.47. The molecule has 0 fully saturated rings. The van der Waals surface area contributed by atoms with Gasteiger partial charge in [-0.25, -0.2) is 4.98 Å². The predicted octanol–water partition coefficient (Wildman–Crippen LogP) is 1.27. The third kappa shape index (κ3) is 3.94. The normalized spacial score (nSPS) is 10.5. The Morgan fingerprint density at radius 2 is 2.12 bits per heavy atom. The van der Waals surface area contributed by atoms with Gasteiger partial charge < -0.3 is 23.9 Å². The quantitative estimate of drug-likeness (QED) is 0.689. The number of hydrogen-bond donors (Lipinski definition) is 1. The average molecular weight is 343 g/mol. The minimum atomic E-state index is -0.177. The number of rotatable bonds is 7. The first kappa shape index (κ1) is 16.5. The molecule has 9 heteroatoms. The number of nitrogens with zero attached hydrogens (tertiary/aromatic N) is 4. The van der Waals surface area contributed by atoms with Crippen molar-refractivity contribution in [2.45, 2.75) is 13.1 Å². The highest BCUT2D eigenvalue weighted by molar-refractivity contribution is 5.75. The monoisotopic (exact) mass is 343 g/mol. The maximum Gasteiger partial charge on any atom is 0.246 e. The van der Waals surface area contributed by atoms with Gasteiger partial charge in [0.1, 0.15) is 6.54 Å². The molecule has 0 bridgehead atoms. The van der Waals surface area contributed by atoms with Crippen molar-refractivity contribution in [1.29, 1.82) is 0 Å². The molecule has 0 atom stereocenters. The van der Waals surface area contributed by atoms with E-state index in [2.05, 4.69) is 20.4 Å². The van der Waals surface area contributed by atoms with Gasteiger partial charge in [0, 0.05) is 18.0 Å². The van der Waals surface area contributed by atoms with E-state index in [-0.39, 0.29) is 19.0 Å². The minimum absolute atomic E-state index is 0.147. The number of benzene rings is 1. The van der Waals surface area contributed by atoms with Gasteiger partial charge in [-0.15, -0.1) is 0 Å². The van der Waals surface area contributed by atoms with Crippen LogP contribution in [0.25, 0.3) is 11.4 Å². The van der Waals surface area contributed by atoms with Crippen LogP contribution in [0.3, 0.4) is 0 Å². The second kappa shape index (κ2) is 7.47. The molecular weight excluding hydrogens is 326 g/mol. The van der Waals surface area contributed by atoms with E-state index in [1.807, 2.05) is 0 Å². The van der Waals surface area contributed by atoms with Crippen molar-refractivity contribution in [3.05, 3.63) is 42.8 Å². The number of ether oxygens (including phenoxy) is 2. The molecule has 25 heavy (non-hydrogen) atoms. The molecule has 2 aromatic heterocycles. The van der Waals surface area contributed by atoms with Gasteiger partial charge in [0.25, 0.3) is 0 Å². The second-order valence-electron chi connectivity index (χ2n) is 5.09. The Kier molecular flexibility index (Phi) is 4.93. The molecule has 1 aromatic carbocycles. The molecule has 9 nitrogen and oxygen atoms in total. The highest BCUT2D eigenvalue weighted by Gasteiger charge is 2.13. The van der Waals surface area contributed by atoms with Gasteiger partial charge >= 0.3 is 0 Å². The van der Waals surface area contributed by atoms with E-state index >= 15 is 0 Å². The Bertz CT molecular complexity index is 844. The molecule has 0 spiro atoms. The topological polar surface area (TPSA) is 104 Å². The van der Waals surface area contributed by atoms with Crippen molar-refractivity contribution in [2.75, 3.05) is 14.2 Å². The summed E-state index contributed by atoms with van der Waals surface area (Å²) in [6.07, 6.45) is 4.89. The molecular formula is C16H17N5O4. The Balaban J connectivity index is 1.63.